The van der Waals surface area contributed by atoms with E-state index in [9.17, 15) is 9.90 Å². The molecule has 0 aromatic rings. The lowest BCUT2D eigenvalue weighted by Gasteiger charge is -2.32. The highest BCUT2D eigenvalue weighted by Gasteiger charge is 2.44. The van der Waals surface area contributed by atoms with Crippen molar-refractivity contribution in [3.8, 4) is 0 Å². The van der Waals surface area contributed by atoms with Crippen LogP contribution in [0.5, 0.6) is 0 Å². The van der Waals surface area contributed by atoms with Crippen LogP contribution in [0.15, 0.2) is 0 Å². The number of rotatable bonds is 3. The minimum absolute atomic E-state index is 0.196. The van der Waals surface area contributed by atoms with Crippen molar-refractivity contribution in [3.05, 3.63) is 0 Å². The molecule has 0 spiro atoms. The zero-order chi connectivity index (χ0) is 10.8. The molecule has 86 valence electrons. The molecule has 2 rings (SSSR count). The Bertz CT molecular complexity index is 242. The Balaban J connectivity index is 2.10. The van der Waals surface area contributed by atoms with Gasteiger partial charge >= 0.3 is 5.97 Å². The zero-order valence-corrected chi connectivity index (χ0v) is 9.48. The van der Waals surface area contributed by atoms with Crippen LogP contribution in [-0.4, -0.2) is 34.6 Å². The first-order chi connectivity index (χ1) is 7.24. The maximum Gasteiger partial charge on any atom is 0.320 e. The van der Waals surface area contributed by atoms with E-state index < -0.39 is 5.97 Å². The maximum absolute atomic E-state index is 11.2. The van der Waals surface area contributed by atoms with Crippen LogP contribution in [-0.2, 0) is 4.79 Å². The Morgan fingerprint density at radius 1 is 1.40 bits per heavy atom. The molecule has 2 aliphatic rings. The second kappa shape index (κ2) is 4.52. The summed E-state index contributed by atoms with van der Waals surface area (Å²) in [5.74, 6) is 0.0456. The van der Waals surface area contributed by atoms with E-state index in [1.54, 1.807) is 0 Å². The second-order valence-electron chi connectivity index (χ2n) is 4.94. The topological polar surface area (TPSA) is 40.5 Å². The van der Waals surface area contributed by atoms with Crippen molar-refractivity contribution in [2.24, 2.45) is 5.92 Å². The lowest BCUT2D eigenvalue weighted by Crippen LogP contribution is -2.42. The predicted octanol–water partition coefficient (Wildman–Crippen LogP) is 2.11. The van der Waals surface area contributed by atoms with Crippen LogP contribution in [0, 0.1) is 5.92 Å². The number of carboxylic acid groups (broad SMARTS) is 1. The Kier molecular flexibility index (Phi) is 3.29. The first-order valence-corrected chi connectivity index (χ1v) is 6.22. The lowest BCUT2D eigenvalue weighted by atomic mass is 9.85. The number of fused-ring (bicyclic) bond motifs is 1. The van der Waals surface area contributed by atoms with E-state index in [0.717, 1.165) is 19.4 Å². The van der Waals surface area contributed by atoms with Gasteiger partial charge in [0.05, 0.1) is 0 Å². The number of hydrogen-bond acceptors (Lipinski definition) is 2. The van der Waals surface area contributed by atoms with Gasteiger partial charge in [-0.15, -0.1) is 0 Å². The summed E-state index contributed by atoms with van der Waals surface area (Å²) in [6, 6.07) is 0.373. The monoisotopic (exact) mass is 211 g/mol. The van der Waals surface area contributed by atoms with E-state index in [2.05, 4.69) is 11.8 Å². The predicted molar refractivity (Wildman–Crippen MR) is 58.8 cm³/mol. The number of aliphatic carboxylic acids is 1. The van der Waals surface area contributed by atoms with Gasteiger partial charge in [-0.3, -0.25) is 9.69 Å². The molecule has 3 heteroatoms. The van der Waals surface area contributed by atoms with Gasteiger partial charge in [0.2, 0.25) is 0 Å². The first-order valence-electron chi connectivity index (χ1n) is 6.22. The van der Waals surface area contributed by atoms with Crippen molar-refractivity contribution >= 4 is 5.97 Å². The molecule has 2 fully saturated rings. The fourth-order valence-corrected chi connectivity index (χ4v) is 3.38. The van der Waals surface area contributed by atoms with Crippen molar-refractivity contribution < 1.29 is 9.90 Å². The molecule has 0 radical (unpaired) electrons. The minimum atomic E-state index is -0.613. The highest BCUT2D eigenvalue weighted by atomic mass is 16.4. The van der Waals surface area contributed by atoms with Crippen LogP contribution in [0.2, 0.25) is 0 Å². The van der Waals surface area contributed by atoms with E-state index in [-0.39, 0.29) is 6.04 Å². The third-order valence-corrected chi connectivity index (χ3v) is 3.99. The van der Waals surface area contributed by atoms with Crippen LogP contribution < -0.4 is 0 Å². The fourth-order valence-electron chi connectivity index (χ4n) is 3.38. The van der Waals surface area contributed by atoms with Gasteiger partial charge in [0.1, 0.15) is 6.04 Å². The quantitative estimate of drug-likeness (QED) is 0.777. The van der Waals surface area contributed by atoms with Crippen molar-refractivity contribution in [1.29, 1.82) is 0 Å². The van der Waals surface area contributed by atoms with Crippen molar-refractivity contribution in [2.75, 3.05) is 6.54 Å². The Hall–Kier alpha value is -0.570. The van der Waals surface area contributed by atoms with Gasteiger partial charge in [-0.1, -0.05) is 19.8 Å². The van der Waals surface area contributed by atoms with Gasteiger partial charge in [0.25, 0.3) is 0 Å². The third-order valence-electron chi connectivity index (χ3n) is 3.99. The largest absolute Gasteiger partial charge is 0.480 e. The SMILES string of the molecule is CCCN1C(C(=O)O)CC2CCCCC21. The van der Waals surface area contributed by atoms with E-state index in [4.69, 9.17) is 0 Å². The Morgan fingerprint density at radius 3 is 2.80 bits per heavy atom. The highest BCUT2D eigenvalue weighted by molar-refractivity contribution is 5.74. The summed E-state index contributed by atoms with van der Waals surface area (Å²) < 4.78 is 0. The molecule has 0 aromatic carbocycles. The molecule has 1 aliphatic carbocycles. The van der Waals surface area contributed by atoms with Gasteiger partial charge in [-0.05, 0) is 38.1 Å². The molecule has 0 amide bonds. The van der Waals surface area contributed by atoms with Crippen LogP contribution in [0.4, 0.5) is 0 Å². The van der Waals surface area contributed by atoms with Crippen molar-refractivity contribution in [2.45, 2.75) is 57.5 Å². The van der Waals surface area contributed by atoms with Gasteiger partial charge < -0.3 is 5.11 Å². The molecule has 1 saturated carbocycles. The smallest absolute Gasteiger partial charge is 0.320 e. The van der Waals surface area contributed by atoms with Gasteiger partial charge in [-0.25, -0.2) is 0 Å². The molecule has 3 unspecified atom stereocenters. The summed E-state index contributed by atoms with van der Waals surface area (Å²) in [6.45, 7) is 3.09. The van der Waals surface area contributed by atoms with Gasteiger partial charge in [-0.2, -0.15) is 0 Å². The lowest BCUT2D eigenvalue weighted by molar-refractivity contribution is -0.142. The average Bonchev–Trinajstić information content (AvgIpc) is 2.58. The van der Waals surface area contributed by atoms with E-state index >= 15 is 0 Å². The molecular formula is C12H21NO2. The molecule has 15 heavy (non-hydrogen) atoms. The minimum Gasteiger partial charge on any atom is -0.480 e. The normalized spacial score (nSPS) is 36.5. The van der Waals surface area contributed by atoms with E-state index in [1.165, 1.54) is 25.7 Å². The molecule has 1 saturated heterocycles. The van der Waals surface area contributed by atoms with Crippen LogP contribution in [0.3, 0.4) is 0 Å². The molecule has 1 heterocycles. The molecule has 1 aliphatic heterocycles. The standard InChI is InChI=1S/C12H21NO2/c1-2-7-13-10-6-4-3-5-9(10)8-11(13)12(14)15/h9-11H,2-8H2,1H3,(H,14,15). The summed E-state index contributed by atoms with van der Waals surface area (Å²) in [4.78, 5) is 13.4. The second-order valence-corrected chi connectivity index (χ2v) is 4.94. The Morgan fingerprint density at radius 2 is 2.13 bits per heavy atom. The van der Waals surface area contributed by atoms with Crippen molar-refractivity contribution in [3.63, 3.8) is 0 Å². The number of hydrogen-bond donors (Lipinski definition) is 1. The van der Waals surface area contributed by atoms with Gasteiger partial charge in [0.15, 0.2) is 0 Å². The average molecular weight is 211 g/mol. The van der Waals surface area contributed by atoms with Crippen LogP contribution in [0.1, 0.15) is 45.4 Å². The van der Waals surface area contributed by atoms with E-state index in [0.29, 0.717) is 12.0 Å². The first kappa shape index (κ1) is 10.9. The van der Waals surface area contributed by atoms with Crippen LogP contribution >= 0.6 is 0 Å². The number of nitrogens with zero attached hydrogens (tertiary/aromatic N) is 1. The third kappa shape index (κ3) is 2.03. The number of carboxylic acids is 1. The van der Waals surface area contributed by atoms with E-state index in [1.807, 2.05) is 0 Å². The molecule has 3 nitrogen and oxygen atoms in total. The molecule has 3 atom stereocenters. The number of carbonyl (C=O) groups is 1. The maximum atomic E-state index is 11.2. The molecular weight excluding hydrogens is 190 g/mol. The highest BCUT2D eigenvalue weighted by Crippen LogP contribution is 2.39. The van der Waals surface area contributed by atoms with Crippen LogP contribution in [0.25, 0.3) is 0 Å². The zero-order valence-electron chi connectivity index (χ0n) is 9.48. The number of likely N-dealkylation sites (tertiary alicyclic amines) is 1. The van der Waals surface area contributed by atoms with Gasteiger partial charge in [0, 0.05) is 6.04 Å². The molecule has 0 bridgehead atoms. The summed E-state index contributed by atoms with van der Waals surface area (Å²) in [5.41, 5.74) is 0. The molecule has 1 N–H and O–H groups in total. The summed E-state index contributed by atoms with van der Waals surface area (Å²) in [6.07, 6.45) is 7.00. The Labute approximate surface area is 91.5 Å². The summed E-state index contributed by atoms with van der Waals surface area (Å²) in [5, 5.41) is 9.22. The summed E-state index contributed by atoms with van der Waals surface area (Å²) in [7, 11) is 0. The van der Waals surface area contributed by atoms with Crippen molar-refractivity contribution in [1.82, 2.24) is 4.90 Å². The fraction of sp³-hybridized carbons (Fsp3) is 0.917. The summed E-state index contributed by atoms with van der Waals surface area (Å²) >= 11 is 0. The molecule has 0 aromatic heterocycles.